The molecule has 0 amide bonds. The van der Waals surface area contributed by atoms with Gasteiger partial charge in [0.1, 0.15) is 0 Å². The summed E-state index contributed by atoms with van der Waals surface area (Å²) in [7, 11) is 2.04. The van der Waals surface area contributed by atoms with Crippen LogP contribution in [-0.4, -0.2) is 31.6 Å². The maximum absolute atomic E-state index is 5.95. The molecule has 1 fully saturated rings. The van der Waals surface area contributed by atoms with Crippen molar-refractivity contribution in [2.75, 3.05) is 26.7 Å². The van der Waals surface area contributed by atoms with Crippen LogP contribution in [0.25, 0.3) is 0 Å². The lowest BCUT2D eigenvalue weighted by molar-refractivity contribution is 0.173. The van der Waals surface area contributed by atoms with Crippen molar-refractivity contribution in [2.24, 2.45) is 5.92 Å². The van der Waals surface area contributed by atoms with Crippen LogP contribution in [0.15, 0.2) is 12.1 Å². The fourth-order valence-electron chi connectivity index (χ4n) is 2.44. The van der Waals surface area contributed by atoms with E-state index in [0.29, 0.717) is 0 Å². The van der Waals surface area contributed by atoms with Crippen molar-refractivity contribution in [1.82, 2.24) is 10.2 Å². The molecule has 2 heterocycles. The third-order valence-corrected chi connectivity index (χ3v) is 4.73. The molecule has 1 aromatic heterocycles. The first-order valence-electron chi connectivity index (χ1n) is 6.39. The zero-order valence-corrected chi connectivity index (χ0v) is 12.0. The highest BCUT2D eigenvalue weighted by molar-refractivity contribution is 7.16. The Labute approximate surface area is 113 Å². The van der Waals surface area contributed by atoms with Gasteiger partial charge in [-0.2, -0.15) is 0 Å². The topological polar surface area (TPSA) is 15.3 Å². The van der Waals surface area contributed by atoms with E-state index < -0.39 is 0 Å². The molecule has 0 bridgehead atoms. The first-order valence-corrected chi connectivity index (χ1v) is 7.58. The van der Waals surface area contributed by atoms with Crippen molar-refractivity contribution in [3.05, 3.63) is 21.3 Å². The Kier molecular flexibility index (Phi) is 5.29. The molecule has 1 N–H and O–H groups in total. The molecule has 0 spiro atoms. The number of likely N-dealkylation sites (tertiary alicyclic amines) is 1. The molecule has 1 saturated heterocycles. The van der Waals surface area contributed by atoms with Crippen molar-refractivity contribution in [3.8, 4) is 0 Å². The Hall–Kier alpha value is -0.0900. The molecule has 0 atom stereocenters. The van der Waals surface area contributed by atoms with E-state index in [1.807, 2.05) is 13.1 Å². The highest BCUT2D eigenvalue weighted by atomic mass is 35.5. The van der Waals surface area contributed by atoms with Crippen LogP contribution in [0.1, 0.15) is 24.1 Å². The second-order valence-corrected chi connectivity index (χ2v) is 6.62. The lowest BCUT2D eigenvalue weighted by Gasteiger charge is -2.31. The van der Waals surface area contributed by atoms with Gasteiger partial charge in [-0.3, -0.25) is 4.90 Å². The summed E-state index contributed by atoms with van der Waals surface area (Å²) < 4.78 is 0.906. The Morgan fingerprint density at radius 2 is 2.18 bits per heavy atom. The van der Waals surface area contributed by atoms with Gasteiger partial charge >= 0.3 is 0 Å². The number of thiophene rings is 1. The number of halogens is 1. The largest absolute Gasteiger partial charge is 0.320 e. The minimum Gasteiger partial charge on any atom is -0.320 e. The van der Waals surface area contributed by atoms with Crippen LogP contribution in [-0.2, 0) is 6.54 Å². The predicted molar refractivity (Wildman–Crippen MR) is 75.9 cm³/mol. The molecule has 0 aliphatic carbocycles. The summed E-state index contributed by atoms with van der Waals surface area (Å²) in [6.07, 6.45) is 4.02. The van der Waals surface area contributed by atoms with Crippen LogP contribution in [0.5, 0.6) is 0 Å². The average Bonchev–Trinajstić information content (AvgIpc) is 2.74. The molecule has 0 aromatic carbocycles. The van der Waals surface area contributed by atoms with Crippen LogP contribution in [0.3, 0.4) is 0 Å². The standard InChI is InChI=1S/C13H21ClN2S/c1-15-7-4-11-5-8-16(9-6-11)10-12-2-3-13(14)17-12/h2-3,11,15H,4-10H2,1H3. The van der Waals surface area contributed by atoms with E-state index in [1.165, 1.54) is 37.2 Å². The quantitative estimate of drug-likeness (QED) is 0.885. The normalized spacial score (nSPS) is 18.7. The molecular weight excluding hydrogens is 252 g/mol. The Balaban J connectivity index is 1.72. The number of nitrogens with zero attached hydrogens (tertiary/aromatic N) is 1. The fourth-order valence-corrected chi connectivity index (χ4v) is 3.57. The van der Waals surface area contributed by atoms with E-state index in [-0.39, 0.29) is 0 Å². The average molecular weight is 273 g/mol. The minimum absolute atomic E-state index is 0.906. The van der Waals surface area contributed by atoms with Crippen molar-refractivity contribution >= 4 is 22.9 Å². The summed E-state index contributed by atoms with van der Waals surface area (Å²) in [5.74, 6) is 0.922. The number of piperidine rings is 1. The fraction of sp³-hybridized carbons (Fsp3) is 0.692. The van der Waals surface area contributed by atoms with Crippen molar-refractivity contribution in [2.45, 2.75) is 25.8 Å². The predicted octanol–water partition coefficient (Wildman–Crippen LogP) is 3.22. The number of hydrogen-bond donors (Lipinski definition) is 1. The van der Waals surface area contributed by atoms with E-state index in [4.69, 9.17) is 11.6 Å². The second kappa shape index (κ2) is 6.74. The molecule has 1 aromatic rings. The zero-order valence-electron chi connectivity index (χ0n) is 10.4. The summed E-state index contributed by atoms with van der Waals surface area (Å²) in [5.41, 5.74) is 0. The van der Waals surface area contributed by atoms with Crippen molar-refractivity contribution in [3.63, 3.8) is 0 Å². The summed E-state index contributed by atoms with van der Waals surface area (Å²) in [5, 5.41) is 3.24. The van der Waals surface area contributed by atoms with Crippen LogP contribution < -0.4 is 5.32 Å². The van der Waals surface area contributed by atoms with Gasteiger partial charge in [0.05, 0.1) is 4.34 Å². The molecule has 0 radical (unpaired) electrons. The van der Waals surface area contributed by atoms with Gasteiger partial charge in [-0.25, -0.2) is 0 Å². The Morgan fingerprint density at radius 1 is 1.41 bits per heavy atom. The van der Waals surface area contributed by atoms with Gasteiger partial charge in [0.15, 0.2) is 0 Å². The molecule has 1 aliphatic heterocycles. The van der Waals surface area contributed by atoms with Gasteiger partial charge in [0.25, 0.3) is 0 Å². The molecule has 17 heavy (non-hydrogen) atoms. The Morgan fingerprint density at radius 3 is 2.76 bits per heavy atom. The van der Waals surface area contributed by atoms with Gasteiger partial charge in [-0.15, -0.1) is 11.3 Å². The number of nitrogens with one attached hydrogen (secondary N) is 1. The SMILES string of the molecule is CNCCC1CCN(Cc2ccc(Cl)s2)CC1. The summed E-state index contributed by atoms with van der Waals surface area (Å²) >= 11 is 7.66. The van der Waals surface area contributed by atoms with Gasteiger partial charge in [-0.1, -0.05) is 11.6 Å². The summed E-state index contributed by atoms with van der Waals surface area (Å²) in [4.78, 5) is 3.95. The van der Waals surface area contributed by atoms with E-state index in [2.05, 4.69) is 16.3 Å². The maximum Gasteiger partial charge on any atom is 0.0931 e. The number of hydrogen-bond acceptors (Lipinski definition) is 3. The number of rotatable bonds is 5. The lowest BCUT2D eigenvalue weighted by Crippen LogP contribution is -2.33. The lowest BCUT2D eigenvalue weighted by atomic mass is 9.93. The first kappa shape index (κ1) is 13.3. The van der Waals surface area contributed by atoms with Crippen molar-refractivity contribution < 1.29 is 0 Å². The third-order valence-electron chi connectivity index (χ3n) is 3.52. The van der Waals surface area contributed by atoms with Crippen molar-refractivity contribution in [1.29, 1.82) is 0 Å². The van der Waals surface area contributed by atoms with Crippen LogP contribution >= 0.6 is 22.9 Å². The summed E-state index contributed by atoms with van der Waals surface area (Å²) in [6, 6.07) is 4.15. The molecule has 96 valence electrons. The molecule has 2 rings (SSSR count). The third kappa shape index (κ3) is 4.25. The highest BCUT2D eigenvalue weighted by Crippen LogP contribution is 2.25. The maximum atomic E-state index is 5.95. The van der Waals surface area contributed by atoms with Crippen LogP contribution in [0.2, 0.25) is 4.34 Å². The van der Waals surface area contributed by atoms with Crippen LogP contribution in [0, 0.1) is 5.92 Å². The highest BCUT2D eigenvalue weighted by Gasteiger charge is 2.18. The van der Waals surface area contributed by atoms with E-state index in [9.17, 15) is 0 Å². The molecule has 0 unspecified atom stereocenters. The van der Waals surface area contributed by atoms with Gasteiger partial charge in [0, 0.05) is 11.4 Å². The molecule has 1 aliphatic rings. The first-order chi connectivity index (χ1) is 8.28. The molecule has 4 heteroatoms. The van der Waals surface area contributed by atoms with E-state index >= 15 is 0 Å². The smallest absolute Gasteiger partial charge is 0.0931 e. The molecule has 2 nitrogen and oxygen atoms in total. The minimum atomic E-state index is 0.906. The van der Waals surface area contributed by atoms with Gasteiger partial charge < -0.3 is 5.32 Å². The summed E-state index contributed by atoms with van der Waals surface area (Å²) in [6.45, 7) is 4.72. The zero-order chi connectivity index (χ0) is 12.1. The van der Waals surface area contributed by atoms with Crippen LogP contribution in [0.4, 0.5) is 0 Å². The second-order valence-electron chi connectivity index (χ2n) is 4.82. The monoisotopic (exact) mass is 272 g/mol. The Bertz CT molecular complexity index is 332. The van der Waals surface area contributed by atoms with E-state index in [1.54, 1.807) is 11.3 Å². The molecule has 0 saturated carbocycles. The molecular formula is C13H21ClN2S. The van der Waals surface area contributed by atoms with Gasteiger partial charge in [-0.05, 0) is 64.0 Å². The van der Waals surface area contributed by atoms with Gasteiger partial charge in [0.2, 0.25) is 0 Å². The van der Waals surface area contributed by atoms with E-state index in [0.717, 1.165) is 23.3 Å².